The van der Waals surface area contributed by atoms with Crippen molar-refractivity contribution in [2.45, 2.75) is 84.0 Å². The first-order chi connectivity index (χ1) is 11.7. The number of hydrogen-bond donors (Lipinski definition) is 0. The van der Waals surface area contributed by atoms with Crippen molar-refractivity contribution in [3.63, 3.8) is 0 Å². The van der Waals surface area contributed by atoms with Crippen molar-refractivity contribution < 1.29 is 0 Å². The molecule has 1 unspecified atom stereocenters. The molecule has 3 rings (SSSR count). The van der Waals surface area contributed by atoms with Crippen molar-refractivity contribution in [1.29, 1.82) is 0 Å². The molecule has 2 aliphatic carbocycles. The van der Waals surface area contributed by atoms with E-state index in [-0.39, 0.29) is 0 Å². The predicted octanol–water partition coefficient (Wildman–Crippen LogP) is 7.97. The van der Waals surface area contributed by atoms with Crippen LogP contribution in [0.2, 0.25) is 0 Å². The van der Waals surface area contributed by atoms with Gasteiger partial charge in [0.2, 0.25) is 0 Å². The smallest absolute Gasteiger partial charge is 0.0175 e. The second kappa shape index (κ2) is 8.88. The number of halogens is 1. The Kier molecular flexibility index (Phi) is 6.84. The lowest BCUT2D eigenvalue weighted by atomic mass is 9.66. The summed E-state index contributed by atoms with van der Waals surface area (Å²) in [5.74, 6) is 4.78. The fourth-order valence-corrected chi connectivity index (χ4v) is 5.78. The van der Waals surface area contributed by atoms with Crippen molar-refractivity contribution in [3.05, 3.63) is 34.3 Å². The minimum Gasteiger partial charge on any atom is -0.0654 e. The van der Waals surface area contributed by atoms with E-state index < -0.39 is 0 Å². The summed E-state index contributed by atoms with van der Waals surface area (Å²) < 4.78 is 1.20. The summed E-state index contributed by atoms with van der Waals surface area (Å²) in [6, 6.07) is 9.03. The second-order valence-corrected chi connectivity index (χ2v) is 9.50. The molecule has 0 aliphatic heterocycles. The summed E-state index contributed by atoms with van der Waals surface area (Å²) in [4.78, 5) is 0. The zero-order chi connectivity index (χ0) is 16.9. The molecule has 0 bridgehead atoms. The van der Waals surface area contributed by atoms with E-state index >= 15 is 0 Å². The molecule has 0 radical (unpaired) electrons. The Bertz CT molecular complexity index is 475. The first kappa shape index (κ1) is 18.5. The summed E-state index contributed by atoms with van der Waals surface area (Å²) >= 11 is 3.56. The van der Waals surface area contributed by atoms with Gasteiger partial charge in [-0.3, -0.25) is 0 Å². The highest BCUT2D eigenvalue weighted by atomic mass is 79.9. The van der Waals surface area contributed by atoms with E-state index in [1.807, 2.05) is 0 Å². The van der Waals surface area contributed by atoms with Gasteiger partial charge in [0.1, 0.15) is 0 Å². The van der Waals surface area contributed by atoms with E-state index in [1.54, 1.807) is 0 Å². The highest BCUT2D eigenvalue weighted by molar-refractivity contribution is 9.10. The van der Waals surface area contributed by atoms with Crippen LogP contribution >= 0.6 is 15.9 Å². The quantitative estimate of drug-likeness (QED) is 0.477. The number of hydrogen-bond acceptors (Lipinski definition) is 0. The van der Waals surface area contributed by atoms with Gasteiger partial charge >= 0.3 is 0 Å². The first-order valence-corrected chi connectivity index (χ1v) is 11.2. The third-order valence-electron chi connectivity index (χ3n) is 7.17. The van der Waals surface area contributed by atoms with Gasteiger partial charge in [0.25, 0.3) is 0 Å². The van der Waals surface area contributed by atoms with Crippen LogP contribution in [0.1, 0.15) is 89.5 Å². The van der Waals surface area contributed by atoms with Crippen LogP contribution in [-0.4, -0.2) is 0 Å². The first-order valence-electron chi connectivity index (χ1n) is 10.4. The van der Waals surface area contributed by atoms with Crippen LogP contribution in [0.25, 0.3) is 0 Å². The van der Waals surface area contributed by atoms with Crippen molar-refractivity contribution >= 4 is 15.9 Å². The topological polar surface area (TPSA) is 0 Å². The molecule has 0 spiro atoms. The van der Waals surface area contributed by atoms with Crippen LogP contribution in [0.5, 0.6) is 0 Å². The van der Waals surface area contributed by atoms with E-state index in [4.69, 9.17) is 0 Å². The van der Waals surface area contributed by atoms with Gasteiger partial charge in [-0.25, -0.2) is 0 Å². The van der Waals surface area contributed by atoms with Crippen LogP contribution in [0.3, 0.4) is 0 Å². The van der Waals surface area contributed by atoms with Crippen LogP contribution in [0.15, 0.2) is 28.7 Å². The molecule has 0 saturated heterocycles. The molecule has 0 N–H and O–H groups in total. The molecule has 2 fully saturated rings. The fourth-order valence-electron chi connectivity index (χ4n) is 5.51. The molecular weight excluding hydrogens is 356 g/mol. The maximum absolute atomic E-state index is 3.56. The molecular formula is C23H35Br. The van der Waals surface area contributed by atoms with E-state index in [2.05, 4.69) is 54.0 Å². The third-order valence-corrected chi connectivity index (χ3v) is 7.70. The van der Waals surface area contributed by atoms with Crippen molar-refractivity contribution in [3.8, 4) is 0 Å². The van der Waals surface area contributed by atoms with Crippen molar-refractivity contribution in [2.75, 3.05) is 0 Å². The minimum absolute atomic E-state index is 0.722. The molecule has 2 saturated carbocycles. The Morgan fingerprint density at radius 1 is 0.875 bits per heavy atom. The van der Waals surface area contributed by atoms with Crippen LogP contribution in [-0.2, 0) is 0 Å². The van der Waals surface area contributed by atoms with Gasteiger partial charge in [-0.05, 0) is 85.8 Å². The molecule has 0 aromatic heterocycles. The van der Waals surface area contributed by atoms with Crippen molar-refractivity contribution in [1.82, 2.24) is 0 Å². The monoisotopic (exact) mass is 390 g/mol. The summed E-state index contributed by atoms with van der Waals surface area (Å²) in [6.07, 6.45) is 14.9. The zero-order valence-corrected chi connectivity index (χ0v) is 17.2. The lowest BCUT2D eigenvalue weighted by molar-refractivity contribution is 0.137. The van der Waals surface area contributed by atoms with Gasteiger partial charge in [-0.15, -0.1) is 0 Å². The molecule has 0 amide bonds. The summed E-state index contributed by atoms with van der Waals surface area (Å²) in [7, 11) is 0. The van der Waals surface area contributed by atoms with Gasteiger partial charge in [-0.1, -0.05) is 67.6 Å². The maximum Gasteiger partial charge on any atom is 0.0175 e. The van der Waals surface area contributed by atoms with Gasteiger partial charge < -0.3 is 0 Å². The molecule has 0 nitrogen and oxygen atoms in total. The van der Waals surface area contributed by atoms with E-state index in [0.717, 1.165) is 29.6 Å². The number of rotatable bonds is 5. The molecule has 24 heavy (non-hydrogen) atoms. The normalized spacial score (nSPS) is 32.5. The van der Waals surface area contributed by atoms with E-state index in [0.29, 0.717) is 0 Å². The van der Waals surface area contributed by atoms with Gasteiger partial charge in [0.15, 0.2) is 0 Å². The Hall–Kier alpha value is -0.300. The van der Waals surface area contributed by atoms with Crippen LogP contribution in [0.4, 0.5) is 0 Å². The molecule has 1 aromatic carbocycles. The average molecular weight is 391 g/mol. The Labute approximate surface area is 157 Å². The van der Waals surface area contributed by atoms with Crippen LogP contribution in [0, 0.1) is 23.7 Å². The van der Waals surface area contributed by atoms with E-state index in [1.165, 1.54) is 74.2 Å². The number of benzene rings is 1. The Morgan fingerprint density at radius 2 is 1.42 bits per heavy atom. The molecule has 1 heteroatoms. The highest BCUT2D eigenvalue weighted by Gasteiger charge is 2.32. The highest BCUT2D eigenvalue weighted by Crippen LogP contribution is 2.45. The predicted molar refractivity (Wildman–Crippen MR) is 108 cm³/mol. The summed E-state index contributed by atoms with van der Waals surface area (Å²) in [5.41, 5.74) is 1.53. The molecule has 1 atom stereocenters. The lowest BCUT2D eigenvalue weighted by Gasteiger charge is -2.39. The molecule has 2 aliphatic rings. The van der Waals surface area contributed by atoms with Gasteiger partial charge in [-0.2, -0.15) is 0 Å². The van der Waals surface area contributed by atoms with Gasteiger partial charge in [0.05, 0.1) is 0 Å². The molecule has 1 aromatic rings. The van der Waals surface area contributed by atoms with Crippen molar-refractivity contribution in [2.24, 2.45) is 23.7 Å². The summed E-state index contributed by atoms with van der Waals surface area (Å²) in [6.45, 7) is 4.80. The second-order valence-electron chi connectivity index (χ2n) is 8.58. The summed E-state index contributed by atoms with van der Waals surface area (Å²) in [5, 5.41) is 0. The zero-order valence-electron chi connectivity index (χ0n) is 15.6. The van der Waals surface area contributed by atoms with Gasteiger partial charge in [0, 0.05) is 4.47 Å². The minimum atomic E-state index is 0.722. The lowest BCUT2D eigenvalue weighted by Crippen LogP contribution is -2.27. The Balaban J connectivity index is 1.46. The molecule has 134 valence electrons. The largest absolute Gasteiger partial charge is 0.0654 e. The maximum atomic E-state index is 3.56. The Morgan fingerprint density at radius 3 is 1.96 bits per heavy atom. The van der Waals surface area contributed by atoms with E-state index in [9.17, 15) is 0 Å². The van der Waals surface area contributed by atoms with Crippen LogP contribution < -0.4 is 0 Å². The third kappa shape index (κ3) is 4.65. The SMILES string of the molecule is CCC[C@H]1CC[C@H](C2CCC(C(C)c3ccc(Br)cc3)CC2)CC1. The average Bonchev–Trinajstić information content (AvgIpc) is 2.63. The standard InChI is InChI=1S/C23H35Br/c1-3-4-18-5-7-21(8-6-18)22-11-9-19(10-12-22)17(2)20-13-15-23(24)16-14-20/h13-19,21-22H,3-12H2,1-2H3/t17?,18-,19?,21-,22?. The fraction of sp³-hybridized carbons (Fsp3) is 0.739. The molecule has 0 heterocycles.